The normalized spacial score (nSPS) is 26.8. The number of carbonyl (C=O) groups excluding carboxylic acids is 1. The molecule has 2 heteroatoms. The summed E-state index contributed by atoms with van der Waals surface area (Å²) in [7, 11) is 0. The van der Waals surface area contributed by atoms with E-state index >= 15 is 0 Å². The Balaban J connectivity index is 1.95. The second kappa shape index (κ2) is 6.37. The van der Waals surface area contributed by atoms with Gasteiger partial charge in [0.05, 0.1) is 0 Å². The van der Waals surface area contributed by atoms with Gasteiger partial charge in [0.25, 0.3) is 0 Å². The topological polar surface area (TPSA) is 20.3 Å². The molecule has 2 rings (SSSR count). The molecule has 0 aromatic heterocycles. The average Bonchev–Trinajstić information content (AvgIpc) is 3.18. The van der Waals surface area contributed by atoms with Crippen LogP contribution in [0.4, 0.5) is 0 Å². The van der Waals surface area contributed by atoms with Gasteiger partial charge >= 0.3 is 0 Å². The van der Waals surface area contributed by atoms with Gasteiger partial charge < -0.3 is 4.90 Å². The van der Waals surface area contributed by atoms with E-state index in [0.29, 0.717) is 23.7 Å². The summed E-state index contributed by atoms with van der Waals surface area (Å²) in [6, 6.07) is 0. The molecule has 1 amide bonds. The predicted molar refractivity (Wildman–Crippen MR) is 89.0 cm³/mol. The van der Waals surface area contributed by atoms with Gasteiger partial charge in [0.1, 0.15) is 0 Å². The number of rotatable bonds is 4. The van der Waals surface area contributed by atoms with Crippen molar-refractivity contribution >= 4 is 5.91 Å². The molecular formula is C19H31NO. The molecular weight excluding hydrogens is 258 g/mol. The van der Waals surface area contributed by atoms with Crippen molar-refractivity contribution in [2.75, 3.05) is 6.54 Å². The molecule has 118 valence electrons. The lowest BCUT2D eigenvalue weighted by atomic mass is 9.81. The Labute approximate surface area is 130 Å². The van der Waals surface area contributed by atoms with Crippen LogP contribution in [-0.4, -0.2) is 22.9 Å². The van der Waals surface area contributed by atoms with Gasteiger partial charge in [-0.1, -0.05) is 30.7 Å². The molecule has 21 heavy (non-hydrogen) atoms. The monoisotopic (exact) mass is 289 g/mol. The summed E-state index contributed by atoms with van der Waals surface area (Å²) in [6.45, 7) is 11.7. The fraction of sp³-hybridized carbons (Fsp3) is 0.737. The molecule has 0 aliphatic heterocycles. The zero-order valence-electron chi connectivity index (χ0n) is 14.4. The van der Waals surface area contributed by atoms with Gasteiger partial charge in [-0.2, -0.15) is 0 Å². The second-order valence-electron chi connectivity index (χ2n) is 7.95. The van der Waals surface area contributed by atoms with Crippen molar-refractivity contribution in [2.45, 2.75) is 65.8 Å². The third-order valence-corrected chi connectivity index (χ3v) is 4.79. The third-order valence-electron chi connectivity index (χ3n) is 4.79. The molecule has 0 aromatic carbocycles. The van der Waals surface area contributed by atoms with Crippen LogP contribution in [-0.2, 0) is 4.79 Å². The Hall–Kier alpha value is -1.05. The lowest BCUT2D eigenvalue weighted by Crippen LogP contribution is -2.46. The highest BCUT2D eigenvalue weighted by Crippen LogP contribution is 2.33. The predicted octanol–water partition coefficient (Wildman–Crippen LogP) is 4.57. The Bertz CT molecular complexity index is 437. The highest BCUT2D eigenvalue weighted by atomic mass is 16.2. The first-order valence-corrected chi connectivity index (χ1v) is 8.43. The molecule has 0 saturated heterocycles. The van der Waals surface area contributed by atoms with Gasteiger partial charge in [0, 0.05) is 18.0 Å². The number of amides is 1. The summed E-state index contributed by atoms with van der Waals surface area (Å²) in [5.74, 6) is 2.00. The van der Waals surface area contributed by atoms with E-state index < -0.39 is 0 Å². The molecule has 1 fully saturated rings. The zero-order chi connectivity index (χ0) is 15.6. The Morgan fingerprint density at radius 2 is 2.05 bits per heavy atom. The van der Waals surface area contributed by atoms with E-state index in [9.17, 15) is 4.79 Å². The zero-order valence-corrected chi connectivity index (χ0v) is 14.4. The highest BCUT2D eigenvalue weighted by molar-refractivity contribution is 5.81. The van der Waals surface area contributed by atoms with Crippen LogP contribution in [0.5, 0.6) is 0 Å². The van der Waals surface area contributed by atoms with E-state index in [1.165, 1.54) is 12.0 Å². The summed E-state index contributed by atoms with van der Waals surface area (Å²) in [5.41, 5.74) is 1.44. The van der Waals surface area contributed by atoms with Crippen molar-refractivity contribution in [1.29, 1.82) is 0 Å². The van der Waals surface area contributed by atoms with Crippen molar-refractivity contribution in [1.82, 2.24) is 4.90 Å². The maximum Gasteiger partial charge on any atom is 0.226 e. The third kappa shape index (κ3) is 4.46. The molecule has 0 aromatic rings. The van der Waals surface area contributed by atoms with Gasteiger partial charge in [0.15, 0.2) is 0 Å². The summed E-state index contributed by atoms with van der Waals surface area (Å²) in [4.78, 5) is 14.5. The molecule has 2 aliphatic carbocycles. The number of hydrogen-bond acceptors (Lipinski definition) is 1. The van der Waals surface area contributed by atoms with Gasteiger partial charge in [-0.3, -0.25) is 4.79 Å². The summed E-state index contributed by atoms with van der Waals surface area (Å²) in [6.07, 6.45) is 11.5. The number of carbonyl (C=O) groups is 1. The number of nitrogens with zero attached hydrogens (tertiary/aromatic N) is 1. The highest BCUT2D eigenvalue weighted by Gasteiger charge is 2.37. The van der Waals surface area contributed by atoms with Crippen LogP contribution in [0.25, 0.3) is 0 Å². The molecule has 0 bridgehead atoms. The minimum Gasteiger partial charge on any atom is -0.334 e. The molecule has 2 atom stereocenters. The first-order chi connectivity index (χ1) is 9.79. The molecule has 2 aliphatic rings. The van der Waals surface area contributed by atoms with Crippen LogP contribution >= 0.6 is 0 Å². The lowest BCUT2D eigenvalue weighted by molar-refractivity contribution is -0.136. The van der Waals surface area contributed by atoms with E-state index in [0.717, 1.165) is 25.8 Å². The van der Waals surface area contributed by atoms with Gasteiger partial charge in [-0.25, -0.2) is 0 Å². The maximum absolute atomic E-state index is 12.4. The van der Waals surface area contributed by atoms with Gasteiger partial charge in [-0.05, 0) is 65.2 Å². The quantitative estimate of drug-likeness (QED) is 0.694. The van der Waals surface area contributed by atoms with Crippen LogP contribution < -0.4 is 0 Å². The summed E-state index contributed by atoms with van der Waals surface area (Å²) < 4.78 is 0. The Morgan fingerprint density at radius 1 is 1.38 bits per heavy atom. The largest absolute Gasteiger partial charge is 0.334 e. The summed E-state index contributed by atoms with van der Waals surface area (Å²) >= 11 is 0. The van der Waals surface area contributed by atoms with Crippen molar-refractivity contribution < 1.29 is 4.79 Å². The van der Waals surface area contributed by atoms with Crippen LogP contribution in [0.15, 0.2) is 23.8 Å². The van der Waals surface area contributed by atoms with E-state index in [2.05, 4.69) is 57.7 Å². The van der Waals surface area contributed by atoms with Crippen LogP contribution in [0, 0.1) is 17.8 Å². The van der Waals surface area contributed by atoms with Crippen LogP contribution in [0.2, 0.25) is 0 Å². The molecule has 0 N–H and O–H groups in total. The Kier molecular flexibility index (Phi) is 4.95. The standard InChI is InChI=1S/C19H31NO/c1-14-8-9-16(15(2)13-14)7-6-12-20(19(3,4)5)18(21)17-10-11-17/h6-8,15-17H,9-13H2,1-5H3/b7-6-. The summed E-state index contributed by atoms with van der Waals surface area (Å²) in [5, 5.41) is 0. The Morgan fingerprint density at radius 3 is 2.57 bits per heavy atom. The molecule has 2 nitrogen and oxygen atoms in total. The van der Waals surface area contributed by atoms with Gasteiger partial charge in [0.2, 0.25) is 5.91 Å². The second-order valence-corrected chi connectivity index (χ2v) is 7.95. The smallest absolute Gasteiger partial charge is 0.226 e. The van der Waals surface area contributed by atoms with Crippen molar-refractivity contribution in [2.24, 2.45) is 17.8 Å². The van der Waals surface area contributed by atoms with E-state index in [4.69, 9.17) is 0 Å². The average molecular weight is 289 g/mol. The molecule has 0 spiro atoms. The lowest BCUT2D eigenvalue weighted by Gasteiger charge is -2.35. The van der Waals surface area contributed by atoms with E-state index in [-0.39, 0.29) is 5.54 Å². The van der Waals surface area contributed by atoms with E-state index in [1.807, 2.05) is 0 Å². The number of hydrogen-bond donors (Lipinski definition) is 0. The number of allylic oxidation sites excluding steroid dienone is 3. The van der Waals surface area contributed by atoms with Crippen LogP contribution in [0.3, 0.4) is 0 Å². The minimum absolute atomic E-state index is 0.0846. The fourth-order valence-electron chi connectivity index (χ4n) is 3.17. The molecule has 1 saturated carbocycles. The van der Waals surface area contributed by atoms with Crippen molar-refractivity contribution in [3.8, 4) is 0 Å². The van der Waals surface area contributed by atoms with Crippen LogP contribution in [0.1, 0.15) is 60.3 Å². The minimum atomic E-state index is -0.0846. The fourth-order valence-corrected chi connectivity index (χ4v) is 3.17. The first kappa shape index (κ1) is 16.3. The van der Waals surface area contributed by atoms with Crippen molar-refractivity contribution in [3.63, 3.8) is 0 Å². The van der Waals surface area contributed by atoms with E-state index in [1.54, 1.807) is 0 Å². The molecule has 2 unspecified atom stereocenters. The SMILES string of the molecule is CC1=CCC(/C=C\CN(C(=O)C2CC2)C(C)(C)C)C(C)C1. The first-order valence-electron chi connectivity index (χ1n) is 8.43. The molecule has 0 heterocycles. The molecule has 0 radical (unpaired) electrons. The maximum atomic E-state index is 12.4. The van der Waals surface area contributed by atoms with Crippen molar-refractivity contribution in [3.05, 3.63) is 23.8 Å². The van der Waals surface area contributed by atoms with Gasteiger partial charge in [-0.15, -0.1) is 0 Å².